The molecule has 0 fully saturated rings. The smallest absolute Gasteiger partial charge is 0.251 e. The maximum atomic E-state index is 12.9. The molecule has 1 aliphatic rings. The molecule has 0 aliphatic carbocycles. The van der Waals surface area contributed by atoms with Crippen LogP contribution in [0.25, 0.3) is 0 Å². The molecular formula is C24H31F2N3OS. The van der Waals surface area contributed by atoms with Crippen LogP contribution < -0.4 is 11.1 Å². The number of anilines is 1. The van der Waals surface area contributed by atoms with Gasteiger partial charge in [-0.1, -0.05) is 43.0 Å². The SMILES string of the molecule is C=C/C=C(\C/C=C\CC(C)(F)F)C(=O)Nc1cccc(CC2(C)CCSC(CN)=N2)c1. The van der Waals surface area contributed by atoms with E-state index in [1.807, 2.05) is 24.3 Å². The molecule has 168 valence electrons. The molecule has 31 heavy (non-hydrogen) atoms. The van der Waals surface area contributed by atoms with Gasteiger partial charge in [0.15, 0.2) is 0 Å². The Morgan fingerprint density at radius 1 is 1.42 bits per heavy atom. The molecule has 1 amide bonds. The van der Waals surface area contributed by atoms with Gasteiger partial charge in [-0.2, -0.15) is 0 Å². The van der Waals surface area contributed by atoms with E-state index < -0.39 is 5.92 Å². The first-order valence-electron chi connectivity index (χ1n) is 10.3. The fraction of sp³-hybridized carbons (Fsp3) is 0.417. The Hall–Kier alpha value is -2.25. The molecule has 1 aromatic carbocycles. The molecule has 2 rings (SSSR count). The normalized spacial score (nSPS) is 19.9. The third-order valence-electron chi connectivity index (χ3n) is 4.84. The van der Waals surface area contributed by atoms with E-state index in [9.17, 15) is 13.6 Å². The predicted molar refractivity (Wildman–Crippen MR) is 128 cm³/mol. The molecule has 1 aromatic rings. The van der Waals surface area contributed by atoms with Crippen LogP contribution in [0.3, 0.4) is 0 Å². The van der Waals surface area contributed by atoms with E-state index in [4.69, 9.17) is 10.7 Å². The first-order chi connectivity index (χ1) is 14.6. The average molecular weight is 448 g/mol. The van der Waals surface area contributed by atoms with Crippen LogP contribution in [0.1, 0.15) is 38.7 Å². The molecule has 0 radical (unpaired) electrons. The lowest BCUT2D eigenvalue weighted by atomic mass is 9.90. The van der Waals surface area contributed by atoms with E-state index in [0.29, 0.717) is 17.8 Å². The van der Waals surface area contributed by atoms with Crippen molar-refractivity contribution in [2.45, 2.75) is 51.0 Å². The number of carbonyl (C=O) groups excluding carboxylic acids is 1. The largest absolute Gasteiger partial charge is 0.325 e. The van der Waals surface area contributed by atoms with Crippen LogP contribution in [0.4, 0.5) is 14.5 Å². The van der Waals surface area contributed by atoms with E-state index in [1.165, 1.54) is 12.2 Å². The quantitative estimate of drug-likeness (QED) is 0.282. The van der Waals surface area contributed by atoms with Crippen molar-refractivity contribution in [2.75, 3.05) is 17.6 Å². The number of nitrogens with zero attached hydrogens (tertiary/aromatic N) is 1. The molecule has 1 aliphatic heterocycles. The monoisotopic (exact) mass is 447 g/mol. The van der Waals surface area contributed by atoms with Gasteiger partial charge in [-0.3, -0.25) is 9.79 Å². The average Bonchev–Trinajstić information content (AvgIpc) is 2.69. The Balaban J connectivity index is 2.05. The lowest BCUT2D eigenvalue weighted by Gasteiger charge is -2.30. The zero-order valence-electron chi connectivity index (χ0n) is 18.2. The minimum absolute atomic E-state index is 0.206. The number of rotatable bonds is 10. The second-order valence-corrected chi connectivity index (χ2v) is 9.18. The van der Waals surface area contributed by atoms with Crippen LogP contribution in [0.5, 0.6) is 0 Å². The van der Waals surface area contributed by atoms with Crippen LogP contribution in [-0.4, -0.2) is 34.7 Å². The number of nitrogens with one attached hydrogen (secondary N) is 1. The lowest BCUT2D eigenvalue weighted by Crippen LogP contribution is -2.32. The highest BCUT2D eigenvalue weighted by atomic mass is 32.2. The lowest BCUT2D eigenvalue weighted by molar-refractivity contribution is -0.112. The Kier molecular flexibility index (Phi) is 9.19. The molecular weight excluding hydrogens is 416 g/mol. The summed E-state index contributed by atoms with van der Waals surface area (Å²) in [5.74, 6) is -2.05. The van der Waals surface area contributed by atoms with Gasteiger partial charge in [0, 0.05) is 30.0 Å². The van der Waals surface area contributed by atoms with Crippen molar-refractivity contribution in [3.8, 4) is 0 Å². The summed E-state index contributed by atoms with van der Waals surface area (Å²) in [4.78, 5) is 17.5. The maximum Gasteiger partial charge on any atom is 0.251 e. The third kappa shape index (κ3) is 8.79. The van der Waals surface area contributed by atoms with E-state index in [-0.39, 0.29) is 24.3 Å². The number of thioether (sulfide) groups is 1. The number of aliphatic imine (C=N–C) groups is 1. The number of hydrogen-bond donors (Lipinski definition) is 2. The second-order valence-electron chi connectivity index (χ2n) is 8.01. The van der Waals surface area contributed by atoms with Crippen molar-refractivity contribution in [2.24, 2.45) is 10.7 Å². The number of benzene rings is 1. The Bertz CT molecular complexity index is 874. The van der Waals surface area contributed by atoms with Crippen LogP contribution >= 0.6 is 11.8 Å². The molecule has 1 unspecified atom stereocenters. The molecule has 4 nitrogen and oxygen atoms in total. The number of alkyl halides is 2. The van der Waals surface area contributed by atoms with Crippen LogP contribution in [0.2, 0.25) is 0 Å². The number of nitrogens with two attached hydrogens (primary N) is 1. The maximum absolute atomic E-state index is 12.9. The molecule has 0 saturated heterocycles. The van der Waals surface area contributed by atoms with Gasteiger partial charge >= 0.3 is 0 Å². The highest BCUT2D eigenvalue weighted by Crippen LogP contribution is 2.30. The fourth-order valence-corrected chi connectivity index (χ4v) is 4.48. The molecule has 0 spiro atoms. The molecule has 0 aromatic heterocycles. The number of allylic oxidation sites excluding steroid dienone is 4. The van der Waals surface area contributed by atoms with Gasteiger partial charge in [0.05, 0.1) is 10.6 Å². The highest BCUT2D eigenvalue weighted by molar-refractivity contribution is 8.14. The number of halogens is 2. The standard InChI is InChI=1S/C24H31F2N3OS/c1-4-8-19(10-5-6-12-24(3,25)26)22(30)28-20-11-7-9-18(15-20)16-23(2)13-14-31-21(17-27)29-23/h4-9,11,15H,1,10,12-14,16-17,27H2,2-3H3,(H,28,30)/b6-5-,19-8+. The van der Waals surface area contributed by atoms with Crippen molar-refractivity contribution in [3.05, 3.63) is 66.3 Å². The molecule has 1 atom stereocenters. The van der Waals surface area contributed by atoms with Gasteiger partial charge in [-0.15, -0.1) is 11.8 Å². The molecule has 0 saturated carbocycles. The van der Waals surface area contributed by atoms with Crippen molar-refractivity contribution in [3.63, 3.8) is 0 Å². The topological polar surface area (TPSA) is 67.5 Å². The summed E-state index contributed by atoms with van der Waals surface area (Å²) in [6.07, 6.45) is 7.70. The highest BCUT2D eigenvalue weighted by Gasteiger charge is 2.28. The summed E-state index contributed by atoms with van der Waals surface area (Å²) in [7, 11) is 0. The Labute approximate surface area is 187 Å². The van der Waals surface area contributed by atoms with E-state index in [2.05, 4.69) is 18.8 Å². The van der Waals surface area contributed by atoms with Gasteiger partial charge < -0.3 is 11.1 Å². The minimum Gasteiger partial charge on any atom is -0.325 e. The molecule has 0 bridgehead atoms. The number of carbonyl (C=O) groups is 1. The summed E-state index contributed by atoms with van der Waals surface area (Å²) >= 11 is 1.71. The molecule has 7 heteroatoms. The summed E-state index contributed by atoms with van der Waals surface area (Å²) in [5, 5.41) is 3.88. The van der Waals surface area contributed by atoms with Crippen LogP contribution in [0.15, 0.2) is 65.7 Å². The number of amides is 1. The Morgan fingerprint density at radius 3 is 2.87 bits per heavy atom. The van der Waals surface area contributed by atoms with Crippen molar-refractivity contribution >= 4 is 28.4 Å². The third-order valence-corrected chi connectivity index (χ3v) is 5.84. The molecule has 1 heterocycles. The summed E-state index contributed by atoms with van der Waals surface area (Å²) < 4.78 is 25.9. The fourth-order valence-electron chi connectivity index (χ4n) is 3.30. The van der Waals surface area contributed by atoms with Crippen molar-refractivity contribution < 1.29 is 13.6 Å². The number of hydrogen-bond acceptors (Lipinski definition) is 4. The van der Waals surface area contributed by atoms with Gasteiger partial charge in [0.1, 0.15) is 0 Å². The summed E-state index contributed by atoms with van der Waals surface area (Å²) in [5.41, 5.74) is 7.76. The first-order valence-corrected chi connectivity index (χ1v) is 11.3. The summed E-state index contributed by atoms with van der Waals surface area (Å²) in [6, 6.07) is 7.70. The van der Waals surface area contributed by atoms with Crippen LogP contribution in [0, 0.1) is 0 Å². The minimum atomic E-state index is -2.76. The van der Waals surface area contributed by atoms with Gasteiger partial charge in [-0.25, -0.2) is 8.78 Å². The van der Waals surface area contributed by atoms with E-state index in [0.717, 1.165) is 36.1 Å². The first kappa shape index (κ1) is 25.0. The van der Waals surface area contributed by atoms with Gasteiger partial charge in [0.25, 0.3) is 5.91 Å². The van der Waals surface area contributed by atoms with Crippen LogP contribution in [-0.2, 0) is 11.2 Å². The second kappa shape index (κ2) is 11.4. The van der Waals surface area contributed by atoms with Crippen molar-refractivity contribution in [1.29, 1.82) is 0 Å². The van der Waals surface area contributed by atoms with E-state index >= 15 is 0 Å². The van der Waals surface area contributed by atoms with Gasteiger partial charge in [0.2, 0.25) is 5.92 Å². The Morgan fingerprint density at radius 2 is 2.19 bits per heavy atom. The van der Waals surface area contributed by atoms with Crippen molar-refractivity contribution in [1.82, 2.24) is 0 Å². The summed E-state index contributed by atoms with van der Waals surface area (Å²) in [6.45, 7) is 7.09. The predicted octanol–water partition coefficient (Wildman–Crippen LogP) is 5.52. The zero-order valence-corrected chi connectivity index (χ0v) is 19.0. The molecule has 3 N–H and O–H groups in total. The van der Waals surface area contributed by atoms with Gasteiger partial charge in [-0.05, 0) is 50.8 Å². The van der Waals surface area contributed by atoms with E-state index in [1.54, 1.807) is 23.9 Å². The zero-order chi connectivity index (χ0) is 22.9.